The number of pyridine rings is 1. The third-order valence-corrected chi connectivity index (χ3v) is 2.55. The number of aromatic nitrogens is 1. The normalized spacial score (nSPS) is 11.2. The first-order valence-corrected chi connectivity index (χ1v) is 5.76. The molecule has 1 rings (SSSR count). The number of nitrogens with zero attached hydrogens (tertiary/aromatic N) is 2. The molecular formula is C10H10F3N3S. The van der Waals surface area contributed by atoms with Gasteiger partial charge in [-0.15, -0.1) is 0 Å². The van der Waals surface area contributed by atoms with Gasteiger partial charge in [-0.1, -0.05) is 0 Å². The molecular weight excluding hydrogens is 251 g/mol. The molecule has 7 heteroatoms. The van der Waals surface area contributed by atoms with E-state index >= 15 is 0 Å². The lowest BCUT2D eigenvalue weighted by Crippen LogP contribution is -2.18. The van der Waals surface area contributed by atoms with E-state index in [2.05, 4.69) is 10.3 Å². The summed E-state index contributed by atoms with van der Waals surface area (Å²) in [7, 11) is 0. The summed E-state index contributed by atoms with van der Waals surface area (Å²) in [6, 6.07) is 5.21. The molecule has 0 bridgehead atoms. The minimum absolute atomic E-state index is 0.0281. The highest BCUT2D eigenvalue weighted by Gasteiger charge is 2.27. The third kappa shape index (κ3) is 6.14. The zero-order chi connectivity index (χ0) is 12.7. The summed E-state index contributed by atoms with van der Waals surface area (Å²) in [5.41, 5.74) is -3.05. The van der Waals surface area contributed by atoms with Gasteiger partial charge < -0.3 is 5.32 Å². The summed E-state index contributed by atoms with van der Waals surface area (Å²) < 4.78 is 35.4. The molecule has 0 spiro atoms. The Kier molecular flexibility index (Phi) is 5.25. The number of nitrogens with one attached hydrogen (secondary N) is 1. The maximum Gasteiger partial charge on any atom is 0.441 e. The molecule has 92 valence electrons. The number of halogens is 3. The minimum Gasteiger partial charge on any atom is -0.312 e. The van der Waals surface area contributed by atoms with Crippen LogP contribution in [-0.2, 0) is 6.54 Å². The number of rotatable bonds is 5. The largest absolute Gasteiger partial charge is 0.441 e. The molecule has 0 saturated heterocycles. The van der Waals surface area contributed by atoms with E-state index in [4.69, 9.17) is 5.26 Å². The molecule has 0 unspecified atom stereocenters. The molecule has 0 aromatic carbocycles. The lowest BCUT2D eigenvalue weighted by Gasteiger charge is -2.06. The monoisotopic (exact) mass is 261 g/mol. The van der Waals surface area contributed by atoms with Crippen molar-refractivity contribution in [3.8, 4) is 6.07 Å². The summed E-state index contributed by atoms with van der Waals surface area (Å²) in [5.74, 6) is -0.0281. The molecule has 0 fully saturated rings. The van der Waals surface area contributed by atoms with E-state index in [0.29, 0.717) is 12.2 Å². The second-order valence-electron chi connectivity index (χ2n) is 3.13. The molecule has 0 aliphatic rings. The minimum atomic E-state index is -4.17. The van der Waals surface area contributed by atoms with Crippen LogP contribution in [0.5, 0.6) is 0 Å². The highest BCUT2D eigenvalue weighted by Crippen LogP contribution is 2.29. The van der Waals surface area contributed by atoms with E-state index in [-0.39, 0.29) is 24.1 Å². The highest BCUT2D eigenvalue weighted by atomic mass is 32.2. The SMILES string of the molecule is N#Cc1cc(CNCCSC(F)(F)F)ccn1. The fourth-order valence-electron chi connectivity index (χ4n) is 1.12. The number of thioether (sulfide) groups is 1. The van der Waals surface area contributed by atoms with Gasteiger partial charge in [0.25, 0.3) is 0 Å². The molecule has 0 amide bonds. The predicted octanol–water partition coefficient (Wildman–Crippen LogP) is 2.30. The maximum absolute atomic E-state index is 11.8. The lowest BCUT2D eigenvalue weighted by atomic mass is 10.2. The summed E-state index contributed by atoms with van der Waals surface area (Å²) in [5, 5.41) is 11.5. The maximum atomic E-state index is 11.8. The molecule has 0 aliphatic carbocycles. The molecule has 1 aromatic rings. The Hall–Kier alpha value is -1.26. The van der Waals surface area contributed by atoms with Crippen LogP contribution in [0.25, 0.3) is 0 Å². The van der Waals surface area contributed by atoms with Crippen molar-refractivity contribution in [2.24, 2.45) is 0 Å². The molecule has 1 N–H and O–H groups in total. The Morgan fingerprint density at radius 3 is 2.88 bits per heavy atom. The average molecular weight is 261 g/mol. The molecule has 1 heterocycles. The zero-order valence-electron chi connectivity index (χ0n) is 8.79. The van der Waals surface area contributed by atoms with Crippen molar-refractivity contribution in [1.29, 1.82) is 5.26 Å². The van der Waals surface area contributed by atoms with Crippen molar-refractivity contribution in [3.05, 3.63) is 29.6 Å². The van der Waals surface area contributed by atoms with Crippen molar-refractivity contribution in [2.45, 2.75) is 12.1 Å². The van der Waals surface area contributed by atoms with Gasteiger partial charge in [0.1, 0.15) is 11.8 Å². The van der Waals surface area contributed by atoms with Gasteiger partial charge in [0.05, 0.1) is 0 Å². The standard InChI is InChI=1S/C10H10F3N3S/c11-10(12,13)17-4-3-15-7-8-1-2-16-9(5-8)6-14/h1-2,5,15H,3-4,7H2. The molecule has 17 heavy (non-hydrogen) atoms. The van der Waals surface area contributed by atoms with Gasteiger partial charge in [0.2, 0.25) is 0 Å². The van der Waals surface area contributed by atoms with Crippen LogP contribution >= 0.6 is 11.8 Å². The quantitative estimate of drug-likeness (QED) is 0.826. The lowest BCUT2D eigenvalue weighted by molar-refractivity contribution is -0.0327. The van der Waals surface area contributed by atoms with Crippen molar-refractivity contribution in [1.82, 2.24) is 10.3 Å². The Bertz CT molecular complexity index is 401. The molecule has 0 atom stereocenters. The topological polar surface area (TPSA) is 48.7 Å². The van der Waals surface area contributed by atoms with Gasteiger partial charge in [-0.2, -0.15) is 18.4 Å². The second-order valence-corrected chi connectivity index (χ2v) is 4.29. The van der Waals surface area contributed by atoms with Crippen LogP contribution in [0.1, 0.15) is 11.3 Å². The Labute approximate surface area is 101 Å². The summed E-state index contributed by atoms with van der Waals surface area (Å²) in [4.78, 5) is 3.79. The Morgan fingerprint density at radius 1 is 1.47 bits per heavy atom. The van der Waals surface area contributed by atoms with E-state index in [9.17, 15) is 13.2 Å². The first kappa shape index (κ1) is 13.8. The van der Waals surface area contributed by atoms with Gasteiger partial charge in [0.15, 0.2) is 0 Å². The van der Waals surface area contributed by atoms with Gasteiger partial charge >= 0.3 is 5.51 Å². The molecule has 3 nitrogen and oxygen atoms in total. The Balaban J connectivity index is 2.25. The summed E-state index contributed by atoms with van der Waals surface area (Å²) >= 11 is -0.0508. The molecule has 0 radical (unpaired) electrons. The molecule has 1 aromatic heterocycles. The van der Waals surface area contributed by atoms with Crippen molar-refractivity contribution in [2.75, 3.05) is 12.3 Å². The van der Waals surface area contributed by atoms with Crippen molar-refractivity contribution >= 4 is 11.8 Å². The van der Waals surface area contributed by atoms with Crippen LogP contribution in [0.2, 0.25) is 0 Å². The zero-order valence-corrected chi connectivity index (χ0v) is 9.61. The van der Waals surface area contributed by atoms with Gasteiger partial charge in [-0.3, -0.25) is 0 Å². The van der Waals surface area contributed by atoms with Gasteiger partial charge in [-0.05, 0) is 29.5 Å². The van der Waals surface area contributed by atoms with E-state index in [0.717, 1.165) is 5.56 Å². The fraction of sp³-hybridized carbons (Fsp3) is 0.400. The number of hydrogen-bond acceptors (Lipinski definition) is 4. The molecule has 0 aliphatic heterocycles. The molecule has 0 saturated carbocycles. The van der Waals surface area contributed by atoms with E-state index in [1.807, 2.05) is 6.07 Å². The smallest absolute Gasteiger partial charge is 0.312 e. The number of alkyl halides is 3. The number of nitriles is 1. The van der Waals surface area contributed by atoms with Crippen molar-refractivity contribution in [3.63, 3.8) is 0 Å². The first-order chi connectivity index (χ1) is 8.01. The van der Waals surface area contributed by atoms with Crippen LogP contribution < -0.4 is 5.32 Å². The summed E-state index contributed by atoms with van der Waals surface area (Å²) in [6.07, 6.45) is 1.50. The Morgan fingerprint density at radius 2 is 2.24 bits per heavy atom. The number of hydrogen-bond donors (Lipinski definition) is 1. The van der Waals surface area contributed by atoms with Crippen LogP contribution in [0.4, 0.5) is 13.2 Å². The second kappa shape index (κ2) is 6.47. The van der Waals surface area contributed by atoms with Crippen LogP contribution in [0.15, 0.2) is 18.3 Å². The van der Waals surface area contributed by atoms with E-state index in [1.165, 1.54) is 6.20 Å². The van der Waals surface area contributed by atoms with Gasteiger partial charge in [-0.25, -0.2) is 4.98 Å². The van der Waals surface area contributed by atoms with E-state index in [1.54, 1.807) is 12.1 Å². The van der Waals surface area contributed by atoms with Crippen LogP contribution in [-0.4, -0.2) is 22.8 Å². The first-order valence-electron chi connectivity index (χ1n) is 4.78. The predicted molar refractivity (Wildman–Crippen MR) is 59.2 cm³/mol. The van der Waals surface area contributed by atoms with Crippen LogP contribution in [0, 0.1) is 11.3 Å². The highest BCUT2D eigenvalue weighted by molar-refractivity contribution is 8.00. The van der Waals surface area contributed by atoms with Gasteiger partial charge in [0, 0.05) is 25.0 Å². The average Bonchev–Trinajstić information content (AvgIpc) is 2.27. The van der Waals surface area contributed by atoms with Crippen molar-refractivity contribution < 1.29 is 13.2 Å². The van der Waals surface area contributed by atoms with Crippen LogP contribution in [0.3, 0.4) is 0 Å². The third-order valence-electron chi connectivity index (χ3n) is 1.81. The fourth-order valence-corrected chi connectivity index (χ4v) is 1.59. The van der Waals surface area contributed by atoms with E-state index < -0.39 is 5.51 Å². The summed E-state index contributed by atoms with van der Waals surface area (Å²) in [6.45, 7) is 0.685.